The van der Waals surface area contributed by atoms with E-state index >= 15 is 0 Å². The summed E-state index contributed by atoms with van der Waals surface area (Å²) in [6.45, 7) is 3.45. The second-order valence-corrected chi connectivity index (χ2v) is 6.31. The highest BCUT2D eigenvalue weighted by atomic mass is 32.1. The van der Waals surface area contributed by atoms with Gasteiger partial charge in [-0.3, -0.25) is 4.90 Å². The van der Waals surface area contributed by atoms with Crippen LogP contribution in [0.3, 0.4) is 0 Å². The first kappa shape index (κ1) is 10.8. The van der Waals surface area contributed by atoms with Crippen LogP contribution in [0.25, 0.3) is 0 Å². The Morgan fingerprint density at radius 3 is 3.00 bits per heavy atom. The highest BCUT2D eigenvalue weighted by molar-refractivity contribution is 7.11. The zero-order chi connectivity index (χ0) is 12.0. The number of fused-ring (bicyclic) bond motifs is 2. The Morgan fingerprint density at radius 1 is 1.44 bits per heavy atom. The van der Waals surface area contributed by atoms with Crippen LogP contribution in [0.1, 0.15) is 19.3 Å². The van der Waals surface area contributed by atoms with E-state index in [4.69, 9.17) is 9.57 Å². The Hall–Kier alpha value is -1.07. The molecule has 4 nitrogen and oxygen atoms in total. The van der Waals surface area contributed by atoms with Crippen LogP contribution in [0.15, 0.2) is 22.7 Å². The third-order valence-electron chi connectivity index (χ3n) is 4.32. The van der Waals surface area contributed by atoms with E-state index < -0.39 is 0 Å². The lowest BCUT2D eigenvalue weighted by molar-refractivity contribution is -0.136. The number of piperidine rings is 3. The molecule has 1 atom stereocenters. The molecule has 0 aliphatic carbocycles. The summed E-state index contributed by atoms with van der Waals surface area (Å²) >= 11 is 1.59. The summed E-state index contributed by atoms with van der Waals surface area (Å²) in [5, 5.41) is 7.09. The molecule has 5 heterocycles. The van der Waals surface area contributed by atoms with Crippen LogP contribution in [-0.2, 0) is 4.84 Å². The van der Waals surface area contributed by atoms with Crippen molar-refractivity contribution in [2.45, 2.75) is 24.9 Å². The fourth-order valence-electron chi connectivity index (χ4n) is 3.38. The predicted molar refractivity (Wildman–Crippen MR) is 70.0 cm³/mol. The summed E-state index contributed by atoms with van der Waals surface area (Å²) < 4.78 is 5.78. The maximum atomic E-state index is 5.80. The molecule has 2 bridgehead atoms. The third-order valence-corrected chi connectivity index (χ3v) is 5.06. The number of nitrogens with zero attached hydrogens (tertiary/aromatic N) is 2. The van der Waals surface area contributed by atoms with Crippen molar-refractivity contribution in [2.75, 3.05) is 19.6 Å². The van der Waals surface area contributed by atoms with Gasteiger partial charge in [0.05, 0.1) is 6.42 Å². The van der Waals surface area contributed by atoms with Crippen LogP contribution in [0.2, 0.25) is 0 Å². The molecule has 0 amide bonds. The summed E-state index contributed by atoms with van der Waals surface area (Å²) in [5.74, 6) is 1.39. The molecule has 3 fully saturated rings. The average Bonchev–Trinajstić information content (AvgIpc) is 3.02. The van der Waals surface area contributed by atoms with Crippen molar-refractivity contribution in [3.05, 3.63) is 17.5 Å². The van der Waals surface area contributed by atoms with E-state index in [9.17, 15) is 0 Å². The van der Waals surface area contributed by atoms with Crippen molar-refractivity contribution in [1.29, 1.82) is 0 Å². The molecule has 0 N–H and O–H groups in total. The molecule has 4 aliphatic heterocycles. The molecule has 1 aromatic heterocycles. The standard InChI is InChI=1S/C13H16N2O2S/c1-2-12(18-7-1)16-11-8-13(17-14-11)9-15-5-3-10(13)4-6-15/h1-2,7,10H,3-6,8-9H2. The molecule has 5 heteroatoms. The second-order valence-electron chi connectivity index (χ2n) is 5.40. The van der Waals surface area contributed by atoms with Gasteiger partial charge < -0.3 is 9.57 Å². The highest BCUT2D eigenvalue weighted by Crippen LogP contribution is 2.43. The Morgan fingerprint density at radius 2 is 2.33 bits per heavy atom. The van der Waals surface area contributed by atoms with Crippen LogP contribution in [0, 0.1) is 5.92 Å². The minimum atomic E-state index is -0.0942. The normalized spacial score (nSPS) is 37.7. The molecular weight excluding hydrogens is 248 g/mol. The van der Waals surface area contributed by atoms with Gasteiger partial charge in [-0.2, -0.15) is 0 Å². The van der Waals surface area contributed by atoms with Crippen LogP contribution < -0.4 is 4.74 Å². The Kier molecular flexibility index (Phi) is 2.38. The van der Waals surface area contributed by atoms with Gasteiger partial charge in [-0.05, 0) is 43.4 Å². The minimum Gasteiger partial charge on any atom is -0.429 e. The Bertz CT molecular complexity index is 465. The van der Waals surface area contributed by atoms with Crippen LogP contribution >= 0.6 is 11.3 Å². The summed E-state index contributed by atoms with van der Waals surface area (Å²) in [7, 11) is 0. The van der Waals surface area contributed by atoms with Crippen molar-refractivity contribution in [3.63, 3.8) is 0 Å². The van der Waals surface area contributed by atoms with Crippen LogP contribution in [-0.4, -0.2) is 36.0 Å². The van der Waals surface area contributed by atoms with E-state index in [1.165, 1.54) is 25.9 Å². The van der Waals surface area contributed by atoms with Crippen molar-refractivity contribution < 1.29 is 9.57 Å². The number of ether oxygens (including phenoxy) is 1. The second kappa shape index (κ2) is 3.96. The number of oxime groups is 1. The molecular formula is C13H16N2O2S. The quantitative estimate of drug-likeness (QED) is 0.780. The summed E-state index contributed by atoms with van der Waals surface area (Å²) in [6.07, 6.45) is 3.30. The van der Waals surface area contributed by atoms with Gasteiger partial charge in [0, 0.05) is 12.5 Å². The van der Waals surface area contributed by atoms with Crippen molar-refractivity contribution >= 4 is 17.2 Å². The van der Waals surface area contributed by atoms with Gasteiger partial charge >= 0.3 is 0 Å². The summed E-state index contributed by atoms with van der Waals surface area (Å²) in [5.41, 5.74) is -0.0942. The van der Waals surface area contributed by atoms with E-state index in [0.717, 1.165) is 23.9 Å². The average molecular weight is 264 g/mol. The van der Waals surface area contributed by atoms with Gasteiger partial charge in [0.2, 0.25) is 5.90 Å². The summed E-state index contributed by atoms with van der Waals surface area (Å²) in [6, 6.07) is 3.95. The molecule has 0 saturated carbocycles. The van der Waals surface area contributed by atoms with E-state index in [1.54, 1.807) is 11.3 Å². The van der Waals surface area contributed by atoms with E-state index in [1.807, 2.05) is 17.5 Å². The van der Waals surface area contributed by atoms with Gasteiger partial charge in [-0.15, -0.1) is 11.3 Å². The SMILES string of the molecule is c1csc(OC2=NOC3(C2)CN2CCC3CC2)c1. The Labute approximate surface area is 110 Å². The van der Waals surface area contributed by atoms with Crippen molar-refractivity contribution in [3.8, 4) is 5.06 Å². The Balaban J connectivity index is 1.48. The van der Waals surface area contributed by atoms with E-state index in [-0.39, 0.29) is 5.60 Å². The smallest absolute Gasteiger partial charge is 0.236 e. The molecule has 5 rings (SSSR count). The number of hydrogen-bond acceptors (Lipinski definition) is 5. The van der Waals surface area contributed by atoms with Crippen LogP contribution in [0.5, 0.6) is 5.06 Å². The number of thiophene rings is 1. The molecule has 96 valence electrons. The van der Waals surface area contributed by atoms with Gasteiger partial charge in [-0.1, -0.05) is 5.16 Å². The maximum absolute atomic E-state index is 5.80. The number of rotatable bonds is 1. The largest absolute Gasteiger partial charge is 0.429 e. The van der Waals surface area contributed by atoms with E-state index in [2.05, 4.69) is 10.1 Å². The fourth-order valence-corrected chi connectivity index (χ4v) is 3.98. The first-order valence-corrected chi connectivity index (χ1v) is 7.41. The lowest BCUT2D eigenvalue weighted by Crippen LogP contribution is -2.59. The van der Waals surface area contributed by atoms with Crippen molar-refractivity contribution in [1.82, 2.24) is 4.90 Å². The van der Waals surface area contributed by atoms with Gasteiger partial charge in [0.15, 0.2) is 10.7 Å². The topological polar surface area (TPSA) is 34.1 Å². The highest BCUT2D eigenvalue weighted by Gasteiger charge is 2.53. The molecule has 3 saturated heterocycles. The molecule has 0 aromatic carbocycles. The monoisotopic (exact) mass is 264 g/mol. The number of hydrogen-bond donors (Lipinski definition) is 0. The minimum absolute atomic E-state index is 0.0942. The molecule has 1 aromatic rings. The lowest BCUT2D eigenvalue weighted by atomic mass is 9.74. The molecule has 0 radical (unpaired) electrons. The molecule has 1 spiro atoms. The zero-order valence-electron chi connectivity index (χ0n) is 10.2. The van der Waals surface area contributed by atoms with Crippen LogP contribution in [0.4, 0.5) is 0 Å². The predicted octanol–water partition coefficient (Wildman–Crippen LogP) is 2.33. The summed E-state index contributed by atoms with van der Waals surface area (Å²) in [4.78, 5) is 8.29. The van der Waals surface area contributed by atoms with Gasteiger partial charge in [0.25, 0.3) is 0 Å². The van der Waals surface area contributed by atoms with Gasteiger partial charge in [0.1, 0.15) is 0 Å². The maximum Gasteiger partial charge on any atom is 0.236 e. The van der Waals surface area contributed by atoms with E-state index in [0.29, 0.717) is 5.92 Å². The lowest BCUT2D eigenvalue weighted by Gasteiger charge is -2.49. The fraction of sp³-hybridized carbons (Fsp3) is 0.615. The molecule has 1 unspecified atom stereocenters. The zero-order valence-corrected chi connectivity index (χ0v) is 11.0. The third kappa shape index (κ3) is 1.65. The van der Waals surface area contributed by atoms with Gasteiger partial charge in [-0.25, -0.2) is 0 Å². The molecule has 18 heavy (non-hydrogen) atoms. The molecule has 4 aliphatic rings. The first-order chi connectivity index (χ1) is 8.84. The first-order valence-electron chi connectivity index (χ1n) is 6.53. The van der Waals surface area contributed by atoms with Crippen molar-refractivity contribution in [2.24, 2.45) is 11.1 Å².